The molecule has 24 heavy (non-hydrogen) atoms. The molecule has 0 aliphatic rings. The molecule has 0 atom stereocenters. The number of amides is 2. The fourth-order valence-corrected chi connectivity index (χ4v) is 2.81. The van der Waals surface area contributed by atoms with Crippen molar-refractivity contribution in [3.8, 4) is 5.75 Å². The third-order valence-corrected chi connectivity index (χ3v) is 4.69. The summed E-state index contributed by atoms with van der Waals surface area (Å²) < 4.78 is 29.6. The zero-order valence-electron chi connectivity index (χ0n) is 12.4. The summed E-state index contributed by atoms with van der Waals surface area (Å²) >= 11 is 4.31. The SMILES string of the molecule is Cc1cc(NC(=O)CNC(=O)c2sccc2OC(F)F)ccc1Br. The predicted octanol–water partition coefficient (Wildman–Crippen LogP) is 3.79. The summed E-state index contributed by atoms with van der Waals surface area (Å²) in [6.45, 7) is -1.43. The largest absolute Gasteiger partial charge is 0.433 e. The average Bonchev–Trinajstić information content (AvgIpc) is 2.96. The predicted molar refractivity (Wildman–Crippen MR) is 90.8 cm³/mol. The molecule has 2 amide bonds. The first-order chi connectivity index (χ1) is 11.4. The minimum atomic E-state index is -3.02. The highest BCUT2D eigenvalue weighted by Gasteiger charge is 2.18. The third kappa shape index (κ3) is 5.00. The fourth-order valence-electron chi connectivity index (χ4n) is 1.82. The molecule has 9 heteroatoms. The van der Waals surface area contributed by atoms with E-state index in [1.165, 1.54) is 11.4 Å². The van der Waals surface area contributed by atoms with Gasteiger partial charge in [-0.25, -0.2) is 0 Å². The van der Waals surface area contributed by atoms with Gasteiger partial charge in [-0.1, -0.05) is 15.9 Å². The molecule has 0 saturated carbocycles. The van der Waals surface area contributed by atoms with Crippen LogP contribution in [0, 0.1) is 6.92 Å². The standard InChI is InChI=1S/C15H13BrF2N2O3S/c1-8-6-9(2-3-10(8)16)20-12(21)7-19-14(22)13-11(4-5-24-13)23-15(17)18/h2-6,15H,7H2,1H3,(H,19,22)(H,20,21). The van der Waals surface area contributed by atoms with Gasteiger partial charge in [0.25, 0.3) is 5.91 Å². The molecule has 5 nitrogen and oxygen atoms in total. The minimum absolute atomic E-state index is 0.0115. The number of carbonyl (C=O) groups excluding carboxylic acids is 2. The zero-order chi connectivity index (χ0) is 17.7. The molecule has 1 heterocycles. The van der Waals surface area contributed by atoms with E-state index in [1.807, 2.05) is 6.92 Å². The molecule has 0 bridgehead atoms. The van der Waals surface area contributed by atoms with Crippen molar-refractivity contribution in [3.63, 3.8) is 0 Å². The van der Waals surface area contributed by atoms with Crippen LogP contribution in [-0.4, -0.2) is 25.0 Å². The Bertz CT molecular complexity index is 752. The molecule has 0 radical (unpaired) electrons. The summed E-state index contributed by atoms with van der Waals surface area (Å²) in [5.74, 6) is -1.29. The number of hydrogen-bond donors (Lipinski definition) is 2. The number of alkyl halides is 2. The number of nitrogens with one attached hydrogen (secondary N) is 2. The van der Waals surface area contributed by atoms with Crippen LogP contribution in [0.2, 0.25) is 0 Å². The molecule has 1 aromatic heterocycles. The molecule has 128 valence electrons. The molecule has 1 aromatic carbocycles. The third-order valence-electron chi connectivity index (χ3n) is 2.90. The number of halogens is 3. The quantitative estimate of drug-likeness (QED) is 0.749. The second-order valence-corrected chi connectivity index (χ2v) is 6.46. The number of aryl methyl sites for hydroxylation is 1. The molecule has 0 fully saturated rings. The lowest BCUT2D eigenvalue weighted by atomic mass is 10.2. The maximum absolute atomic E-state index is 12.2. The molecule has 0 spiro atoms. The van der Waals surface area contributed by atoms with E-state index in [1.54, 1.807) is 18.2 Å². The number of anilines is 1. The van der Waals surface area contributed by atoms with Gasteiger partial charge in [0, 0.05) is 10.2 Å². The molecule has 2 aromatic rings. The van der Waals surface area contributed by atoms with Crippen LogP contribution in [0.5, 0.6) is 5.75 Å². The lowest BCUT2D eigenvalue weighted by molar-refractivity contribution is -0.115. The molecule has 0 aliphatic carbocycles. The molecule has 0 unspecified atom stereocenters. The second-order valence-electron chi connectivity index (χ2n) is 4.69. The van der Waals surface area contributed by atoms with Gasteiger partial charge in [-0.05, 0) is 42.1 Å². The molecule has 2 N–H and O–H groups in total. The fraction of sp³-hybridized carbons (Fsp3) is 0.200. The summed E-state index contributed by atoms with van der Waals surface area (Å²) in [4.78, 5) is 23.8. The highest BCUT2D eigenvalue weighted by molar-refractivity contribution is 9.10. The summed E-state index contributed by atoms with van der Waals surface area (Å²) in [5, 5.41) is 6.46. The van der Waals surface area contributed by atoms with E-state index >= 15 is 0 Å². The zero-order valence-corrected chi connectivity index (χ0v) is 14.8. The normalized spacial score (nSPS) is 10.5. The van der Waals surface area contributed by atoms with Crippen molar-refractivity contribution in [3.05, 3.63) is 44.6 Å². The van der Waals surface area contributed by atoms with E-state index in [4.69, 9.17) is 0 Å². The van der Waals surface area contributed by atoms with Crippen molar-refractivity contribution < 1.29 is 23.1 Å². The van der Waals surface area contributed by atoms with E-state index in [0.717, 1.165) is 21.4 Å². The highest BCUT2D eigenvalue weighted by Crippen LogP contribution is 2.26. The Morgan fingerprint density at radius 1 is 1.33 bits per heavy atom. The van der Waals surface area contributed by atoms with Gasteiger partial charge in [-0.3, -0.25) is 9.59 Å². The molecular weight excluding hydrogens is 406 g/mol. The first-order valence-electron chi connectivity index (χ1n) is 6.73. The molecular formula is C15H13BrF2N2O3S. The van der Waals surface area contributed by atoms with Crippen LogP contribution in [0.4, 0.5) is 14.5 Å². The van der Waals surface area contributed by atoms with Gasteiger partial charge < -0.3 is 15.4 Å². The van der Waals surface area contributed by atoms with Gasteiger partial charge in [-0.2, -0.15) is 8.78 Å². The van der Waals surface area contributed by atoms with Crippen LogP contribution in [-0.2, 0) is 4.79 Å². The maximum Gasteiger partial charge on any atom is 0.387 e. The number of hydrogen-bond acceptors (Lipinski definition) is 4. The van der Waals surface area contributed by atoms with Gasteiger partial charge >= 0.3 is 6.61 Å². The number of ether oxygens (including phenoxy) is 1. The number of rotatable bonds is 6. The van der Waals surface area contributed by atoms with Crippen molar-refractivity contribution in [1.82, 2.24) is 5.32 Å². The Balaban J connectivity index is 1.90. The Morgan fingerprint density at radius 2 is 2.08 bits per heavy atom. The number of benzene rings is 1. The summed E-state index contributed by atoms with van der Waals surface area (Å²) in [5.41, 5.74) is 1.54. The highest BCUT2D eigenvalue weighted by atomic mass is 79.9. The van der Waals surface area contributed by atoms with Gasteiger partial charge in [0.2, 0.25) is 5.91 Å². The van der Waals surface area contributed by atoms with E-state index in [9.17, 15) is 18.4 Å². The van der Waals surface area contributed by atoms with Crippen molar-refractivity contribution in [1.29, 1.82) is 0 Å². The summed E-state index contributed by atoms with van der Waals surface area (Å²) in [6.07, 6.45) is 0. The molecule has 2 rings (SSSR count). The Labute approximate surface area is 149 Å². The van der Waals surface area contributed by atoms with Crippen LogP contribution >= 0.6 is 27.3 Å². The van der Waals surface area contributed by atoms with Crippen LogP contribution in [0.25, 0.3) is 0 Å². The van der Waals surface area contributed by atoms with Crippen LogP contribution in [0.15, 0.2) is 34.1 Å². The van der Waals surface area contributed by atoms with E-state index in [2.05, 4.69) is 31.3 Å². The Kier molecular flexibility index (Phi) is 6.27. The van der Waals surface area contributed by atoms with E-state index < -0.39 is 18.4 Å². The lowest BCUT2D eigenvalue weighted by Gasteiger charge is -2.09. The number of thiophene rings is 1. The van der Waals surface area contributed by atoms with Crippen molar-refractivity contribution >= 4 is 44.8 Å². The topological polar surface area (TPSA) is 67.4 Å². The monoisotopic (exact) mass is 418 g/mol. The maximum atomic E-state index is 12.2. The number of carbonyl (C=O) groups is 2. The van der Waals surface area contributed by atoms with Crippen LogP contribution < -0.4 is 15.4 Å². The first-order valence-corrected chi connectivity index (χ1v) is 8.40. The van der Waals surface area contributed by atoms with Crippen molar-refractivity contribution in [2.75, 3.05) is 11.9 Å². The van der Waals surface area contributed by atoms with Gasteiger partial charge in [0.05, 0.1) is 6.54 Å². The smallest absolute Gasteiger partial charge is 0.387 e. The second kappa shape index (κ2) is 8.20. The van der Waals surface area contributed by atoms with Crippen LogP contribution in [0.3, 0.4) is 0 Å². The van der Waals surface area contributed by atoms with Gasteiger partial charge in [-0.15, -0.1) is 11.3 Å². The van der Waals surface area contributed by atoms with Gasteiger partial charge in [0.1, 0.15) is 10.6 Å². The summed E-state index contributed by atoms with van der Waals surface area (Å²) in [7, 11) is 0. The van der Waals surface area contributed by atoms with E-state index in [0.29, 0.717) is 5.69 Å². The van der Waals surface area contributed by atoms with Crippen molar-refractivity contribution in [2.45, 2.75) is 13.5 Å². The summed E-state index contributed by atoms with van der Waals surface area (Å²) in [6, 6.07) is 6.56. The van der Waals surface area contributed by atoms with E-state index in [-0.39, 0.29) is 17.2 Å². The minimum Gasteiger partial charge on any atom is -0.433 e. The Hall–Kier alpha value is -2.00. The molecule has 0 saturated heterocycles. The first kappa shape index (κ1) is 18.3. The lowest BCUT2D eigenvalue weighted by Crippen LogP contribution is -2.32. The van der Waals surface area contributed by atoms with Crippen molar-refractivity contribution in [2.24, 2.45) is 0 Å². The van der Waals surface area contributed by atoms with Gasteiger partial charge in [0.15, 0.2) is 0 Å². The Morgan fingerprint density at radius 3 is 2.75 bits per heavy atom. The molecule has 0 aliphatic heterocycles. The average molecular weight is 419 g/mol. The van der Waals surface area contributed by atoms with Crippen LogP contribution in [0.1, 0.15) is 15.2 Å².